The highest BCUT2D eigenvalue weighted by molar-refractivity contribution is 7.22. The van der Waals surface area contributed by atoms with Crippen molar-refractivity contribution in [1.29, 1.82) is 0 Å². The van der Waals surface area contributed by atoms with Crippen LogP contribution in [0.5, 0.6) is 51.7 Å². The average Bonchev–Trinajstić information content (AvgIpc) is 1.64. The first kappa shape index (κ1) is 74.7. The molecule has 0 amide bonds. The van der Waals surface area contributed by atoms with Gasteiger partial charge in [0.1, 0.15) is 54.9 Å². The number of halogens is 1. The number of hydrogen-bond donors (Lipinski definition) is 3. The summed E-state index contributed by atoms with van der Waals surface area (Å²) in [5.74, 6) is 5.80. The predicted octanol–water partition coefficient (Wildman–Crippen LogP) is 21.5. The highest BCUT2D eigenvalue weighted by Crippen LogP contribution is 2.47. The Hall–Kier alpha value is -9.52. The quantitative estimate of drug-likeness (QED) is 0.0555. The van der Waals surface area contributed by atoms with Crippen LogP contribution in [0, 0.1) is 51.3 Å². The number of phenolic OH excluding ortho intramolecular Hbond substituents is 3. The van der Waals surface area contributed by atoms with Crippen LogP contribution in [0.1, 0.15) is 137 Å². The molecule has 546 valence electrons. The number of phenols is 3. The molecule has 3 aliphatic heterocycles. The van der Waals surface area contributed by atoms with Gasteiger partial charge in [0.25, 0.3) is 0 Å². The third-order valence-electron chi connectivity index (χ3n) is 20.7. The summed E-state index contributed by atoms with van der Waals surface area (Å²) in [6, 6.07) is 56.1. The number of thiophene rings is 3. The fourth-order valence-electron chi connectivity index (χ4n) is 14.9. The monoisotopic (exact) mass is 1470 g/mol. The molecule has 0 radical (unpaired) electrons. The van der Waals surface area contributed by atoms with Crippen molar-refractivity contribution in [2.24, 2.45) is 17.8 Å². The number of aryl methyl sites for hydroxylation is 5. The number of hydrogen-bond acceptors (Lipinski definition) is 15. The third-order valence-corrected chi connectivity index (χ3v) is 24.1. The molecule has 12 aromatic rings. The Bertz CT molecular complexity index is 5110. The summed E-state index contributed by atoms with van der Waals surface area (Å²) in [6.45, 7) is 26.7. The van der Waals surface area contributed by atoms with Gasteiger partial charge in [-0.15, -0.1) is 34.0 Å². The number of nitrogens with zero attached hydrogens (tertiary/aromatic N) is 3. The minimum Gasteiger partial charge on any atom is -0.508 e. The summed E-state index contributed by atoms with van der Waals surface area (Å²) in [7, 11) is 0. The molecule has 12 nitrogen and oxygen atoms in total. The van der Waals surface area contributed by atoms with Crippen LogP contribution in [0.25, 0.3) is 30.3 Å². The van der Waals surface area contributed by atoms with E-state index in [2.05, 4.69) is 78.8 Å². The zero-order valence-electron chi connectivity index (χ0n) is 61.6. The molecule has 106 heavy (non-hydrogen) atoms. The largest absolute Gasteiger partial charge is 0.508 e. The van der Waals surface area contributed by atoms with Crippen LogP contribution in [0.4, 0.5) is 4.39 Å². The Morgan fingerprint density at radius 3 is 1.10 bits per heavy atom. The summed E-state index contributed by atoms with van der Waals surface area (Å²) in [5.41, 5.74) is 9.76. The molecule has 16 heteroatoms. The number of ether oxygens (including phenoxy) is 3. The summed E-state index contributed by atoms with van der Waals surface area (Å²) >= 11 is 4.00. The van der Waals surface area contributed by atoms with Crippen LogP contribution in [-0.2, 0) is 25.7 Å². The number of aromatic hydroxyl groups is 3. The Kier molecular flexibility index (Phi) is 23.6. The number of carbonyl (C=O) groups is 3. The maximum Gasteiger partial charge on any atom is 0.207 e. The van der Waals surface area contributed by atoms with Crippen molar-refractivity contribution >= 4 is 81.6 Å². The molecule has 9 aromatic carbocycles. The highest BCUT2D eigenvalue weighted by Gasteiger charge is 2.29. The molecule has 3 saturated heterocycles. The van der Waals surface area contributed by atoms with E-state index in [1.807, 2.05) is 105 Å². The predicted molar refractivity (Wildman–Crippen MR) is 430 cm³/mol. The number of benzene rings is 9. The van der Waals surface area contributed by atoms with Crippen LogP contribution in [0.3, 0.4) is 0 Å². The van der Waals surface area contributed by atoms with E-state index in [0.717, 1.165) is 110 Å². The van der Waals surface area contributed by atoms with E-state index in [4.69, 9.17) is 14.2 Å². The molecule has 3 N–H and O–H groups in total. The number of likely N-dealkylation sites (tertiary alicyclic amines) is 3. The molecule has 3 atom stereocenters. The van der Waals surface area contributed by atoms with Crippen molar-refractivity contribution < 1.29 is 48.3 Å². The summed E-state index contributed by atoms with van der Waals surface area (Å²) < 4.78 is 35.3. The number of ketones is 3. The van der Waals surface area contributed by atoms with Crippen molar-refractivity contribution in [3.05, 3.63) is 264 Å². The van der Waals surface area contributed by atoms with Crippen LogP contribution in [-0.4, -0.2) is 106 Å². The van der Waals surface area contributed by atoms with Gasteiger partial charge in [-0.25, -0.2) is 4.39 Å². The lowest BCUT2D eigenvalue weighted by Crippen LogP contribution is -2.22. The molecule has 0 unspecified atom stereocenters. The minimum atomic E-state index is -0.362. The number of rotatable bonds is 22. The van der Waals surface area contributed by atoms with Crippen LogP contribution in [0.15, 0.2) is 182 Å². The number of fused-ring (bicyclic) bond motifs is 3. The SMILES string of the molecule is CCc1ccccc1C(=O)c1sc2cc(O)ccc2c1Oc1ccc(CCN2CC[C@@H](C)C2)cc1.Cc1cc(F)cc(C)c1C(=O)c1sc2cc(O)ccc2c1Oc1ccc(CCN2CC[C@@H](C)C2)cc1.Cc1cccc(C)c1C(=O)c1sc2cc(O)ccc2c1Oc1ccc(CCN2CC[C@@H](C)C2)cc1. The Morgan fingerprint density at radius 1 is 0.425 bits per heavy atom. The van der Waals surface area contributed by atoms with Gasteiger partial charge in [-0.1, -0.05) is 107 Å². The van der Waals surface area contributed by atoms with Gasteiger partial charge in [-0.2, -0.15) is 0 Å². The van der Waals surface area contributed by atoms with Crippen molar-refractivity contribution in [2.45, 2.75) is 100 Å². The van der Waals surface area contributed by atoms with E-state index in [-0.39, 0.29) is 40.4 Å². The smallest absolute Gasteiger partial charge is 0.207 e. The molecule has 3 aromatic heterocycles. The highest BCUT2D eigenvalue weighted by atomic mass is 32.1. The molecule has 6 heterocycles. The van der Waals surface area contributed by atoms with Crippen LogP contribution >= 0.6 is 34.0 Å². The molecule has 15 rings (SSSR count). The lowest BCUT2D eigenvalue weighted by atomic mass is 9.97. The second kappa shape index (κ2) is 33.5. The fourth-order valence-corrected chi connectivity index (χ4v) is 18.2. The van der Waals surface area contributed by atoms with E-state index in [9.17, 15) is 34.1 Å². The topological polar surface area (TPSA) is 149 Å². The summed E-state index contributed by atoms with van der Waals surface area (Å²) in [5, 5.41) is 32.4. The molecule has 0 spiro atoms. The molecular weight excluding hydrogens is 1380 g/mol. The first-order valence-corrected chi connectivity index (χ1v) is 39.4. The van der Waals surface area contributed by atoms with E-state index in [0.29, 0.717) is 76.9 Å². The normalized spacial score (nSPS) is 16.1. The van der Waals surface area contributed by atoms with Gasteiger partial charge in [-0.3, -0.25) is 14.4 Å². The zero-order chi connectivity index (χ0) is 74.3. The van der Waals surface area contributed by atoms with Crippen molar-refractivity contribution in [1.82, 2.24) is 14.7 Å². The Labute approximate surface area is 632 Å². The van der Waals surface area contributed by atoms with Crippen LogP contribution in [0.2, 0.25) is 0 Å². The Morgan fingerprint density at radius 2 is 0.764 bits per heavy atom. The second-order valence-corrected chi connectivity index (χ2v) is 32.2. The third kappa shape index (κ3) is 17.6. The molecule has 0 aliphatic carbocycles. The fraction of sp³-hybridized carbons (Fsp3) is 0.300. The Balaban J connectivity index is 0.000000141. The van der Waals surface area contributed by atoms with Gasteiger partial charge < -0.3 is 44.2 Å². The first-order chi connectivity index (χ1) is 51.2. The van der Waals surface area contributed by atoms with Gasteiger partial charge >= 0.3 is 0 Å². The molecule has 0 bridgehead atoms. The van der Waals surface area contributed by atoms with E-state index >= 15 is 0 Å². The van der Waals surface area contributed by atoms with Crippen molar-refractivity contribution in [3.8, 4) is 51.7 Å². The standard InChI is InChI=1S/C30H30FNO3S.2C30H31NO3S/c1-18-10-12-32(17-18)13-11-21-4-7-24(8-5-21)35-29-25-9-6-23(33)16-26(25)36-30(29)28(34)27-19(2)14-22(31)15-20(27)3;1-19-13-15-31(18-19)16-14-22-7-10-24(11-8-22)34-29-25-12-9-23(32)17-26(25)35-30(29)28(33)27-20(2)5-4-6-21(27)3;1-3-22-6-4-5-7-25(22)28(33)30-29(26-13-10-23(32)18-27(26)35-30)34-24-11-8-21(9-12-24)15-17-31-16-14-20(2)19-31/h4-9,14-16,18,33H,10-13,17H2,1-3H3;4-12,17,19,32H,13-16,18H2,1-3H3;4-13,18,20,32H,3,14-17,19H2,1-2H3/t18-;19-;20-/m111/s1. The van der Waals surface area contributed by atoms with E-state index < -0.39 is 0 Å². The summed E-state index contributed by atoms with van der Waals surface area (Å²) in [4.78, 5) is 50.2. The molecule has 3 fully saturated rings. The lowest BCUT2D eigenvalue weighted by Gasteiger charge is -2.15. The van der Waals surface area contributed by atoms with Crippen LogP contribution < -0.4 is 14.2 Å². The van der Waals surface area contributed by atoms with Crippen molar-refractivity contribution in [3.63, 3.8) is 0 Å². The maximum absolute atomic E-state index is 13.9. The first-order valence-electron chi connectivity index (χ1n) is 37.0. The average molecular weight is 1470 g/mol. The maximum atomic E-state index is 13.9. The van der Waals surface area contributed by atoms with E-state index in [1.54, 1.807) is 56.3 Å². The van der Waals surface area contributed by atoms with E-state index in [1.165, 1.54) is 121 Å². The summed E-state index contributed by atoms with van der Waals surface area (Å²) in [6.07, 6.45) is 7.67. The molecule has 0 saturated carbocycles. The lowest BCUT2D eigenvalue weighted by molar-refractivity contribution is 0.103. The van der Waals surface area contributed by atoms with Gasteiger partial charge in [0.15, 0.2) is 17.2 Å². The zero-order valence-corrected chi connectivity index (χ0v) is 64.1. The van der Waals surface area contributed by atoms with Gasteiger partial charge in [-0.05, 0) is 258 Å². The van der Waals surface area contributed by atoms with Gasteiger partial charge in [0.2, 0.25) is 17.3 Å². The van der Waals surface area contributed by atoms with Gasteiger partial charge in [0, 0.05) is 86.2 Å². The molecular formula is C90H92FN3O9S3. The van der Waals surface area contributed by atoms with Crippen molar-refractivity contribution in [2.75, 3.05) is 58.9 Å². The second-order valence-electron chi connectivity index (χ2n) is 29.1. The van der Waals surface area contributed by atoms with Gasteiger partial charge in [0.05, 0.1) is 0 Å². The number of carbonyl (C=O) groups excluding carboxylic acids is 3. The minimum absolute atomic E-state index is 0.0467. The molecule has 3 aliphatic rings.